The number of aromatic nitrogens is 4. The number of nitrogens with zero attached hydrogens (tertiary/aromatic N) is 6. The minimum atomic E-state index is -0.537. The molecule has 222 valence electrons. The topological polar surface area (TPSA) is 93.5 Å². The van der Waals surface area contributed by atoms with E-state index < -0.39 is 11.5 Å². The highest BCUT2D eigenvalue weighted by atomic mass is 35.5. The zero-order chi connectivity index (χ0) is 30.4. The third-order valence-corrected chi connectivity index (χ3v) is 8.58. The number of carbonyl (C=O) groups excluding carboxylic acids is 1. The molecular weight excluding hydrogens is 571 g/mol. The maximum absolute atomic E-state index is 15.5. The van der Waals surface area contributed by atoms with Gasteiger partial charge in [-0.15, -0.1) is 0 Å². The summed E-state index contributed by atoms with van der Waals surface area (Å²) in [6, 6.07) is 6.52. The lowest BCUT2D eigenvalue weighted by molar-refractivity contribution is -0.126. The highest BCUT2D eigenvalue weighted by Gasteiger charge is 2.33. The SMILES string of the molecule is C=CC(=O)N1CCN(c2nc(=O)n(-c3c(CC)ncnc3CC)c3c4c(c(Cl)cc23)-c2c(F)cccc2CCO4)[C@@H](C)C1. The summed E-state index contributed by atoms with van der Waals surface area (Å²) in [6.45, 7) is 11.1. The van der Waals surface area contributed by atoms with E-state index in [1.807, 2.05) is 31.7 Å². The van der Waals surface area contributed by atoms with Crippen LogP contribution in [0.25, 0.3) is 27.7 Å². The van der Waals surface area contributed by atoms with Crippen molar-refractivity contribution < 1.29 is 13.9 Å². The van der Waals surface area contributed by atoms with Crippen molar-refractivity contribution in [2.24, 2.45) is 0 Å². The van der Waals surface area contributed by atoms with Gasteiger partial charge in [-0.3, -0.25) is 9.36 Å². The predicted octanol–water partition coefficient (Wildman–Crippen LogP) is 4.92. The Bertz CT molecular complexity index is 1820. The van der Waals surface area contributed by atoms with Crippen molar-refractivity contribution in [3.63, 3.8) is 0 Å². The number of ether oxygens (including phenoxy) is 1. The Hall–Kier alpha value is -4.31. The summed E-state index contributed by atoms with van der Waals surface area (Å²) in [7, 11) is 0. The quantitative estimate of drug-likeness (QED) is 0.299. The second kappa shape index (κ2) is 11.4. The molecule has 9 nitrogen and oxygen atoms in total. The number of hydrogen-bond donors (Lipinski definition) is 0. The van der Waals surface area contributed by atoms with Crippen molar-refractivity contribution in [2.45, 2.75) is 46.1 Å². The monoisotopic (exact) mass is 602 g/mol. The number of anilines is 1. The molecule has 0 N–H and O–H groups in total. The maximum Gasteiger partial charge on any atom is 0.354 e. The van der Waals surface area contributed by atoms with Gasteiger partial charge in [0.05, 0.1) is 28.7 Å². The molecule has 0 bridgehead atoms. The van der Waals surface area contributed by atoms with Gasteiger partial charge in [-0.25, -0.2) is 19.2 Å². The Balaban J connectivity index is 1.72. The van der Waals surface area contributed by atoms with E-state index in [4.69, 9.17) is 16.3 Å². The summed E-state index contributed by atoms with van der Waals surface area (Å²) in [5.74, 6) is 0.171. The standard InChI is InChI=1S/C32H32ClFN6O3/c1-5-23-29(24(6-2)36-17-35-23)40-28-20(31(37-32(40)42)39-13-12-38(16-18(39)4)25(41)7-3)15-21(33)27-26-19(9-8-10-22(26)34)11-14-43-30(27)28/h7-10,15,17-18H,3,5-6,11-14,16H2,1-2,4H3/t18-/m0/s1. The second-order valence-electron chi connectivity index (χ2n) is 10.7. The van der Waals surface area contributed by atoms with Crippen LogP contribution in [0, 0.1) is 5.82 Å². The largest absolute Gasteiger partial charge is 0.490 e. The van der Waals surface area contributed by atoms with Gasteiger partial charge in [-0.1, -0.05) is 44.2 Å². The van der Waals surface area contributed by atoms with Crippen LogP contribution < -0.4 is 15.3 Å². The number of benzene rings is 2. The number of aryl methyl sites for hydroxylation is 2. The number of rotatable bonds is 5. The maximum atomic E-state index is 15.5. The number of piperazine rings is 1. The van der Waals surface area contributed by atoms with Gasteiger partial charge in [0.1, 0.15) is 23.5 Å². The molecule has 11 heteroatoms. The fourth-order valence-corrected chi connectivity index (χ4v) is 6.55. The van der Waals surface area contributed by atoms with Crippen molar-refractivity contribution >= 4 is 34.2 Å². The predicted molar refractivity (Wildman–Crippen MR) is 165 cm³/mol. The fraction of sp³-hybridized carbons (Fsp3) is 0.344. The van der Waals surface area contributed by atoms with Crippen LogP contribution in [0.4, 0.5) is 10.2 Å². The molecule has 1 atom stereocenters. The molecule has 2 aromatic heterocycles. The van der Waals surface area contributed by atoms with Gasteiger partial charge in [0.25, 0.3) is 0 Å². The van der Waals surface area contributed by atoms with Crippen LogP contribution in [0.5, 0.6) is 5.75 Å². The van der Waals surface area contributed by atoms with Crippen molar-refractivity contribution in [2.75, 3.05) is 31.1 Å². The Labute approximate surface area is 253 Å². The van der Waals surface area contributed by atoms with E-state index in [0.717, 1.165) is 5.56 Å². The third kappa shape index (κ3) is 4.74. The molecule has 0 unspecified atom stereocenters. The molecule has 0 radical (unpaired) electrons. The van der Waals surface area contributed by atoms with Gasteiger partial charge < -0.3 is 14.5 Å². The number of hydrogen-bond acceptors (Lipinski definition) is 7. The molecule has 2 aliphatic heterocycles. The molecule has 1 fully saturated rings. The van der Waals surface area contributed by atoms with Crippen LogP contribution in [-0.2, 0) is 24.1 Å². The number of amides is 1. The fourth-order valence-electron chi connectivity index (χ4n) is 6.26. The van der Waals surface area contributed by atoms with Crippen LogP contribution in [0.2, 0.25) is 5.02 Å². The van der Waals surface area contributed by atoms with Crippen molar-refractivity contribution in [3.8, 4) is 22.6 Å². The van der Waals surface area contributed by atoms with E-state index in [1.165, 1.54) is 23.0 Å². The van der Waals surface area contributed by atoms with Crippen LogP contribution in [0.1, 0.15) is 37.7 Å². The molecule has 43 heavy (non-hydrogen) atoms. The lowest BCUT2D eigenvalue weighted by Crippen LogP contribution is -2.54. The molecule has 0 aliphatic carbocycles. The van der Waals surface area contributed by atoms with Gasteiger partial charge in [0, 0.05) is 48.6 Å². The minimum absolute atomic E-state index is 0.148. The van der Waals surface area contributed by atoms with Gasteiger partial charge in [-0.05, 0) is 43.5 Å². The average Bonchev–Trinajstić information content (AvgIpc) is 3.21. The molecule has 0 saturated carbocycles. The first-order valence-electron chi connectivity index (χ1n) is 14.5. The van der Waals surface area contributed by atoms with Gasteiger partial charge in [0.15, 0.2) is 5.75 Å². The number of fused-ring (bicyclic) bond motifs is 5. The summed E-state index contributed by atoms with van der Waals surface area (Å²) in [5, 5.41) is 0.860. The van der Waals surface area contributed by atoms with E-state index >= 15 is 4.39 Å². The highest BCUT2D eigenvalue weighted by Crippen LogP contribution is 2.48. The van der Waals surface area contributed by atoms with Gasteiger partial charge in [-0.2, -0.15) is 4.98 Å². The summed E-state index contributed by atoms with van der Waals surface area (Å²) in [6.07, 6.45) is 4.36. The zero-order valence-electron chi connectivity index (χ0n) is 24.4. The normalized spacial score (nSPS) is 16.3. The molecule has 1 saturated heterocycles. The Morgan fingerprint density at radius 1 is 1.19 bits per heavy atom. The first-order valence-corrected chi connectivity index (χ1v) is 14.9. The van der Waals surface area contributed by atoms with Crippen LogP contribution in [0.3, 0.4) is 0 Å². The third-order valence-electron chi connectivity index (χ3n) is 8.29. The Morgan fingerprint density at radius 2 is 1.93 bits per heavy atom. The van der Waals surface area contributed by atoms with Crippen molar-refractivity contribution in [1.29, 1.82) is 0 Å². The van der Waals surface area contributed by atoms with E-state index in [0.29, 0.717) is 89.6 Å². The lowest BCUT2D eigenvalue weighted by atomic mass is 9.95. The molecule has 0 spiro atoms. The average molecular weight is 603 g/mol. The zero-order valence-corrected chi connectivity index (χ0v) is 25.1. The number of carbonyl (C=O) groups is 1. The molecule has 2 aromatic carbocycles. The minimum Gasteiger partial charge on any atom is -0.490 e. The molecule has 4 heterocycles. The highest BCUT2D eigenvalue weighted by molar-refractivity contribution is 6.35. The van der Waals surface area contributed by atoms with E-state index in [1.54, 1.807) is 17.0 Å². The summed E-state index contributed by atoms with van der Waals surface area (Å²) >= 11 is 7.01. The summed E-state index contributed by atoms with van der Waals surface area (Å²) in [4.78, 5) is 44.0. The molecular formula is C32H32ClFN6O3. The molecule has 6 rings (SSSR count). The van der Waals surface area contributed by atoms with E-state index in [2.05, 4.69) is 21.5 Å². The summed E-state index contributed by atoms with van der Waals surface area (Å²) < 4.78 is 23.5. The number of halogens is 2. The van der Waals surface area contributed by atoms with Gasteiger partial charge >= 0.3 is 5.69 Å². The Kier molecular flexibility index (Phi) is 7.64. The van der Waals surface area contributed by atoms with Crippen LogP contribution >= 0.6 is 11.6 Å². The van der Waals surface area contributed by atoms with Crippen LogP contribution in [0.15, 0.2) is 48.0 Å². The molecule has 4 aromatic rings. The van der Waals surface area contributed by atoms with Crippen molar-refractivity contribution in [1.82, 2.24) is 24.4 Å². The second-order valence-corrected chi connectivity index (χ2v) is 11.1. The van der Waals surface area contributed by atoms with Gasteiger partial charge in [0.2, 0.25) is 5.91 Å². The van der Waals surface area contributed by atoms with E-state index in [-0.39, 0.29) is 23.6 Å². The summed E-state index contributed by atoms with van der Waals surface area (Å²) in [5.41, 5.74) is 3.32. The smallest absolute Gasteiger partial charge is 0.354 e. The first kappa shape index (κ1) is 28.8. The van der Waals surface area contributed by atoms with Crippen molar-refractivity contribution in [3.05, 3.63) is 81.5 Å². The van der Waals surface area contributed by atoms with E-state index in [9.17, 15) is 9.59 Å². The lowest BCUT2D eigenvalue weighted by Gasteiger charge is -2.40. The Morgan fingerprint density at radius 3 is 2.60 bits per heavy atom. The first-order chi connectivity index (χ1) is 20.8. The molecule has 1 amide bonds. The molecule has 2 aliphatic rings. The van der Waals surface area contributed by atoms with Crippen LogP contribution in [-0.4, -0.2) is 62.6 Å².